The Morgan fingerprint density at radius 3 is 2.55 bits per heavy atom. The molecule has 0 bridgehead atoms. The van der Waals surface area contributed by atoms with Gasteiger partial charge in [0, 0.05) is 19.6 Å². The van der Waals surface area contributed by atoms with Crippen LogP contribution in [0.1, 0.15) is 23.6 Å². The predicted molar refractivity (Wildman–Crippen MR) is 88.3 cm³/mol. The Bertz CT molecular complexity index is 639. The molecule has 0 fully saturated rings. The molecule has 0 saturated carbocycles. The van der Waals surface area contributed by atoms with Gasteiger partial charge in [0.15, 0.2) is 0 Å². The molecule has 0 unspecified atom stereocenters. The highest BCUT2D eigenvalue weighted by Gasteiger charge is 2.24. The van der Waals surface area contributed by atoms with Crippen LogP contribution in [0.3, 0.4) is 0 Å². The Hall–Kier alpha value is -2.13. The number of carbonyl (C=O) groups excluding carboxylic acids is 1. The van der Waals surface area contributed by atoms with Gasteiger partial charge in [-0.1, -0.05) is 54.6 Å². The Balaban J connectivity index is 1.57. The van der Waals surface area contributed by atoms with Gasteiger partial charge in [0.1, 0.15) is 0 Å². The molecular formula is C19H22N2O. The van der Waals surface area contributed by atoms with Gasteiger partial charge >= 0.3 is 0 Å². The topological polar surface area (TPSA) is 32.3 Å². The number of benzene rings is 2. The first-order valence-electron chi connectivity index (χ1n) is 7.86. The lowest BCUT2D eigenvalue weighted by atomic mass is 9.99. The molecule has 1 aliphatic rings. The van der Waals surface area contributed by atoms with E-state index in [-0.39, 0.29) is 11.9 Å². The van der Waals surface area contributed by atoms with Gasteiger partial charge in [-0.3, -0.25) is 9.69 Å². The molecule has 2 aromatic rings. The molecule has 0 radical (unpaired) electrons. The van der Waals surface area contributed by atoms with Gasteiger partial charge in [-0.25, -0.2) is 0 Å². The van der Waals surface area contributed by atoms with E-state index in [9.17, 15) is 4.79 Å². The number of fused-ring (bicyclic) bond motifs is 1. The second-order valence-corrected chi connectivity index (χ2v) is 5.87. The molecule has 0 spiro atoms. The van der Waals surface area contributed by atoms with E-state index < -0.39 is 0 Å². The van der Waals surface area contributed by atoms with Crippen molar-refractivity contribution < 1.29 is 4.79 Å². The van der Waals surface area contributed by atoms with E-state index in [2.05, 4.69) is 34.5 Å². The first-order valence-corrected chi connectivity index (χ1v) is 7.86. The number of hydrogen-bond donors (Lipinski definition) is 1. The summed E-state index contributed by atoms with van der Waals surface area (Å²) in [7, 11) is 0. The number of rotatable bonds is 4. The normalized spacial score (nSPS) is 15.9. The number of nitrogens with one attached hydrogen (secondary N) is 1. The first kappa shape index (κ1) is 14.8. The summed E-state index contributed by atoms with van der Waals surface area (Å²) in [5.41, 5.74) is 3.89. The van der Waals surface area contributed by atoms with Crippen LogP contribution < -0.4 is 5.32 Å². The van der Waals surface area contributed by atoms with Crippen LogP contribution in [-0.4, -0.2) is 23.4 Å². The molecule has 3 rings (SSSR count). The quantitative estimate of drug-likeness (QED) is 0.940. The van der Waals surface area contributed by atoms with Crippen molar-refractivity contribution in [2.45, 2.75) is 32.5 Å². The Morgan fingerprint density at radius 2 is 1.77 bits per heavy atom. The molecule has 0 aromatic heterocycles. The zero-order chi connectivity index (χ0) is 15.4. The van der Waals surface area contributed by atoms with Crippen molar-refractivity contribution in [3.8, 4) is 0 Å². The van der Waals surface area contributed by atoms with E-state index in [1.807, 2.05) is 37.3 Å². The molecule has 114 valence electrons. The second-order valence-electron chi connectivity index (χ2n) is 5.87. The molecule has 2 aromatic carbocycles. The Labute approximate surface area is 132 Å². The first-order chi connectivity index (χ1) is 10.7. The highest BCUT2D eigenvalue weighted by Crippen LogP contribution is 2.20. The van der Waals surface area contributed by atoms with Crippen molar-refractivity contribution in [1.29, 1.82) is 0 Å². The third-order valence-corrected chi connectivity index (χ3v) is 4.40. The fourth-order valence-corrected chi connectivity index (χ4v) is 2.95. The fourth-order valence-electron chi connectivity index (χ4n) is 2.95. The summed E-state index contributed by atoms with van der Waals surface area (Å²) in [6, 6.07) is 18.4. The number of carbonyl (C=O) groups is 1. The van der Waals surface area contributed by atoms with Gasteiger partial charge in [-0.05, 0) is 30.0 Å². The van der Waals surface area contributed by atoms with Crippen LogP contribution in [0.2, 0.25) is 0 Å². The van der Waals surface area contributed by atoms with E-state index in [4.69, 9.17) is 0 Å². The van der Waals surface area contributed by atoms with Crippen molar-refractivity contribution in [3.05, 3.63) is 71.3 Å². The lowest BCUT2D eigenvalue weighted by Crippen LogP contribution is -2.46. The Morgan fingerprint density at radius 1 is 1.09 bits per heavy atom. The molecule has 1 heterocycles. The summed E-state index contributed by atoms with van der Waals surface area (Å²) in [4.78, 5) is 14.6. The lowest BCUT2D eigenvalue weighted by molar-refractivity contribution is -0.126. The van der Waals surface area contributed by atoms with E-state index >= 15 is 0 Å². The highest BCUT2D eigenvalue weighted by atomic mass is 16.2. The maximum absolute atomic E-state index is 12.4. The number of hydrogen-bond acceptors (Lipinski definition) is 2. The average molecular weight is 294 g/mol. The lowest BCUT2D eigenvalue weighted by Gasteiger charge is -2.32. The van der Waals surface area contributed by atoms with Gasteiger partial charge in [-0.2, -0.15) is 0 Å². The molecular weight excluding hydrogens is 272 g/mol. The van der Waals surface area contributed by atoms with Crippen molar-refractivity contribution in [2.24, 2.45) is 0 Å². The van der Waals surface area contributed by atoms with Crippen molar-refractivity contribution >= 4 is 5.91 Å². The van der Waals surface area contributed by atoms with Gasteiger partial charge in [0.25, 0.3) is 0 Å². The molecule has 1 amide bonds. The molecule has 1 atom stereocenters. The summed E-state index contributed by atoms with van der Waals surface area (Å²) in [5, 5.41) is 3.04. The standard InChI is InChI=1S/C19H22N2O/c1-15(19(22)20-13-16-7-3-2-4-8-16)21-12-11-17-9-5-6-10-18(17)14-21/h2-10,15H,11-14H2,1H3,(H,20,22)/t15-/m1/s1. The minimum Gasteiger partial charge on any atom is -0.351 e. The van der Waals surface area contributed by atoms with Gasteiger partial charge < -0.3 is 5.32 Å². The summed E-state index contributed by atoms with van der Waals surface area (Å²) in [5.74, 6) is 0.100. The monoisotopic (exact) mass is 294 g/mol. The van der Waals surface area contributed by atoms with E-state index in [1.54, 1.807) is 0 Å². The summed E-state index contributed by atoms with van der Waals surface area (Å²) in [6.07, 6.45) is 1.02. The van der Waals surface area contributed by atoms with Crippen LogP contribution in [0, 0.1) is 0 Å². The van der Waals surface area contributed by atoms with E-state index in [0.717, 1.165) is 25.1 Å². The van der Waals surface area contributed by atoms with Crippen LogP contribution in [0.5, 0.6) is 0 Å². The van der Waals surface area contributed by atoms with Crippen molar-refractivity contribution in [2.75, 3.05) is 6.54 Å². The number of amides is 1. The maximum Gasteiger partial charge on any atom is 0.237 e. The SMILES string of the molecule is C[C@H](C(=O)NCc1ccccc1)N1CCc2ccccc2C1. The van der Waals surface area contributed by atoms with Crippen molar-refractivity contribution in [3.63, 3.8) is 0 Å². The summed E-state index contributed by atoms with van der Waals surface area (Å²) in [6.45, 7) is 4.38. The van der Waals surface area contributed by atoms with Gasteiger partial charge in [0.05, 0.1) is 6.04 Å². The third kappa shape index (κ3) is 3.37. The largest absolute Gasteiger partial charge is 0.351 e. The molecule has 3 heteroatoms. The minimum absolute atomic E-state index is 0.0999. The maximum atomic E-state index is 12.4. The van der Waals surface area contributed by atoms with Crippen LogP contribution in [0.4, 0.5) is 0 Å². The predicted octanol–water partition coefficient (Wildman–Crippen LogP) is 2.75. The zero-order valence-electron chi connectivity index (χ0n) is 13.0. The average Bonchev–Trinajstić information content (AvgIpc) is 2.59. The minimum atomic E-state index is -0.0999. The Kier molecular flexibility index (Phi) is 4.54. The van der Waals surface area contributed by atoms with Crippen LogP contribution in [0.15, 0.2) is 54.6 Å². The van der Waals surface area contributed by atoms with Gasteiger partial charge in [-0.15, -0.1) is 0 Å². The van der Waals surface area contributed by atoms with E-state index in [1.165, 1.54) is 11.1 Å². The molecule has 22 heavy (non-hydrogen) atoms. The van der Waals surface area contributed by atoms with Gasteiger partial charge in [0.2, 0.25) is 5.91 Å². The highest BCUT2D eigenvalue weighted by molar-refractivity contribution is 5.81. The number of nitrogens with zero attached hydrogens (tertiary/aromatic N) is 1. The molecule has 0 aliphatic carbocycles. The zero-order valence-corrected chi connectivity index (χ0v) is 13.0. The molecule has 0 saturated heterocycles. The molecule has 1 aliphatic heterocycles. The third-order valence-electron chi connectivity index (χ3n) is 4.40. The molecule has 3 nitrogen and oxygen atoms in total. The summed E-state index contributed by atoms with van der Waals surface area (Å²) >= 11 is 0. The van der Waals surface area contributed by atoms with Crippen LogP contribution >= 0.6 is 0 Å². The van der Waals surface area contributed by atoms with Crippen LogP contribution in [0.25, 0.3) is 0 Å². The summed E-state index contributed by atoms with van der Waals surface area (Å²) < 4.78 is 0. The fraction of sp³-hybridized carbons (Fsp3) is 0.316. The van der Waals surface area contributed by atoms with Crippen molar-refractivity contribution in [1.82, 2.24) is 10.2 Å². The van der Waals surface area contributed by atoms with Crippen LogP contribution in [-0.2, 0) is 24.3 Å². The van der Waals surface area contributed by atoms with E-state index in [0.29, 0.717) is 6.54 Å². The molecule has 1 N–H and O–H groups in total. The smallest absolute Gasteiger partial charge is 0.237 e. The second kappa shape index (κ2) is 6.75.